The molecule has 1 saturated heterocycles. The lowest BCUT2D eigenvalue weighted by Gasteiger charge is -2.25. The number of nitrogens with zero attached hydrogens (tertiary/aromatic N) is 3. The average Bonchev–Trinajstić information content (AvgIpc) is 3.47. The lowest BCUT2D eigenvalue weighted by atomic mass is 10.1. The highest BCUT2D eigenvalue weighted by Gasteiger charge is 2.29. The van der Waals surface area contributed by atoms with Crippen molar-refractivity contribution in [2.75, 3.05) is 39.3 Å². The van der Waals surface area contributed by atoms with Crippen molar-refractivity contribution in [1.29, 1.82) is 0 Å². The van der Waals surface area contributed by atoms with Crippen molar-refractivity contribution >= 4 is 16.9 Å². The third-order valence-corrected chi connectivity index (χ3v) is 6.07. The number of guanidine groups is 1. The largest absolute Gasteiger partial charge is 0.361 e. The van der Waals surface area contributed by atoms with E-state index in [1.165, 1.54) is 28.5 Å². The second-order valence-corrected chi connectivity index (χ2v) is 7.81. The minimum absolute atomic E-state index is 0.653. The van der Waals surface area contributed by atoms with Crippen LogP contribution < -0.4 is 5.32 Å². The first kappa shape index (κ1) is 19.1. The summed E-state index contributed by atoms with van der Waals surface area (Å²) in [5.41, 5.74) is 4.05. The van der Waals surface area contributed by atoms with Crippen molar-refractivity contribution in [1.82, 2.24) is 20.1 Å². The molecule has 0 aliphatic carbocycles. The first-order valence-corrected chi connectivity index (χ1v) is 10.8. The van der Waals surface area contributed by atoms with E-state index in [4.69, 9.17) is 4.99 Å². The molecule has 0 saturated carbocycles. The second-order valence-electron chi connectivity index (χ2n) is 7.81. The monoisotopic (exact) mass is 379 g/mol. The van der Waals surface area contributed by atoms with Gasteiger partial charge in [-0.15, -0.1) is 0 Å². The summed E-state index contributed by atoms with van der Waals surface area (Å²) in [4.78, 5) is 13.5. The Bertz CT molecular complexity index is 842. The molecule has 1 fully saturated rings. The van der Waals surface area contributed by atoms with Crippen LogP contribution in [0.5, 0.6) is 0 Å². The van der Waals surface area contributed by atoms with Gasteiger partial charge in [0.05, 0.1) is 0 Å². The van der Waals surface area contributed by atoms with Gasteiger partial charge in [-0.2, -0.15) is 0 Å². The normalized spacial score (nSPS) is 20.6. The molecule has 2 aliphatic rings. The molecular formula is C23H33N5. The molecule has 1 unspecified atom stereocenters. The zero-order valence-corrected chi connectivity index (χ0v) is 17.2. The molecule has 1 atom stereocenters. The van der Waals surface area contributed by atoms with Crippen LogP contribution in [0.25, 0.3) is 10.9 Å². The van der Waals surface area contributed by atoms with Crippen LogP contribution in [0.3, 0.4) is 0 Å². The fraction of sp³-hybridized carbons (Fsp3) is 0.522. The Balaban J connectivity index is 1.40. The maximum atomic E-state index is 4.96. The number of nitrogens with one attached hydrogen (secondary N) is 2. The van der Waals surface area contributed by atoms with Crippen molar-refractivity contribution in [3.63, 3.8) is 0 Å². The van der Waals surface area contributed by atoms with Gasteiger partial charge in [0.25, 0.3) is 0 Å². The highest BCUT2D eigenvalue weighted by Crippen LogP contribution is 2.23. The zero-order chi connectivity index (χ0) is 19.3. The predicted molar refractivity (Wildman–Crippen MR) is 118 cm³/mol. The summed E-state index contributed by atoms with van der Waals surface area (Å²) in [5, 5.41) is 4.85. The van der Waals surface area contributed by atoms with Crippen molar-refractivity contribution in [3.8, 4) is 0 Å². The highest BCUT2D eigenvalue weighted by atomic mass is 15.3. The molecule has 3 heterocycles. The average molecular weight is 380 g/mol. The Labute approximate surface area is 168 Å². The van der Waals surface area contributed by atoms with E-state index >= 15 is 0 Å². The Morgan fingerprint density at radius 1 is 1.21 bits per heavy atom. The Morgan fingerprint density at radius 2 is 2.07 bits per heavy atom. The number of para-hydroxylation sites is 1. The van der Waals surface area contributed by atoms with Crippen LogP contribution in [0, 0.1) is 0 Å². The van der Waals surface area contributed by atoms with Gasteiger partial charge in [0.15, 0.2) is 5.96 Å². The highest BCUT2D eigenvalue weighted by molar-refractivity contribution is 5.86. The quantitative estimate of drug-likeness (QED) is 0.460. The van der Waals surface area contributed by atoms with E-state index in [2.05, 4.69) is 70.5 Å². The van der Waals surface area contributed by atoms with Gasteiger partial charge in [0.1, 0.15) is 0 Å². The maximum Gasteiger partial charge on any atom is 0.193 e. The summed E-state index contributed by atoms with van der Waals surface area (Å²) >= 11 is 0. The number of aromatic nitrogens is 1. The van der Waals surface area contributed by atoms with Gasteiger partial charge < -0.3 is 15.2 Å². The molecule has 5 heteroatoms. The number of aromatic amines is 1. The number of hydrogen-bond acceptors (Lipinski definition) is 2. The van der Waals surface area contributed by atoms with Gasteiger partial charge >= 0.3 is 0 Å². The van der Waals surface area contributed by atoms with E-state index in [0.29, 0.717) is 6.04 Å². The molecule has 0 spiro atoms. The van der Waals surface area contributed by atoms with Crippen LogP contribution in [-0.2, 0) is 12.8 Å². The molecule has 2 aromatic rings. The number of aryl methyl sites for hydroxylation is 1. The molecule has 28 heavy (non-hydrogen) atoms. The van der Waals surface area contributed by atoms with E-state index < -0.39 is 0 Å². The van der Waals surface area contributed by atoms with Crippen LogP contribution in [-0.4, -0.2) is 66.1 Å². The molecule has 2 N–H and O–H groups in total. The summed E-state index contributed by atoms with van der Waals surface area (Å²) in [5.74, 6) is 1.08. The van der Waals surface area contributed by atoms with Gasteiger partial charge in [0, 0.05) is 62.4 Å². The van der Waals surface area contributed by atoms with E-state index in [9.17, 15) is 0 Å². The van der Waals surface area contributed by atoms with E-state index in [0.717, 1.165) is 58.1 Å². The maximum absolute atomic E-state index is 4.96. The minimum atomic E-state index is 0.653. The Hall–Kier alpha value is -2.27. The second kappa shape index (κ2) is 8.82. The molecule has 1 aromatic carbocycles. The number of hydrogen-bond donors (Lipinski definition) is 2. The van der Waals surface area contributed by atoms with E-state index in [1.54, 1.807) is 0 Å². The minimum Gasteiger partial charge on any atom is -0.361 e. The lowest BCUT2D eigenvalue weighted by Crippen LogP contribution is -2.43. The first-order valence-electron chi connectivity index (χ1n) is 10.8. The molecule has 150 valence electrons. The fourth-order valence-corrected chi connectivity index (χ4v) is 4.51. The van der Waals surface area contributed by atoms with Gasteiger partial charge in [-0.3, -0.25) is 9.89 Å². The van der Waals surface area contributed by atoms with Gasteiger partial charge in [-0.25, -0.2) is 0 Å². The number of aliphatic imine (C=N–C) groups is 1. The number of H-pyrrole nitrogens is 1. The summed E-state index contributed by atoms with van der Waals surface area (Å²) in [7, 11) is 0. The summed E-state index contributed by atoms with van der Waals surface area (Å²) in [6.07, 6.45) is 9.99. The third kappa shape index (κ3) is 3.95. The van der Waals surface area contributed by atoms with Crippen LogP contribution in [0.2, 0.25) is 0 Å². The van der Waals surface area contributed by atoms with E-state index in [1.807, 2.05) is 0 Å². The molecule has 0 radical (unpaired) electrons. The Morgan fingerprint density at radius 3 is 2.86 bits per heavy atom. The molecule has 1 aromatic heterocycles. The van der Waals surface area contributed by atoms with Gasteiger partial charge in [0.2, 0.25) is 0 Å². The molecular weight excluding hydrogens is 346 g/mol. The van der Waals surface area contributed by atoms with Crippen LogP contribution >= 0.6 is 0 Å². The van der Waals surface area contributed by atoms with Gasteiger partial charge in [-0.05, 0) is 37.3 Å². The SMILES string of the molecule is CCNC(=NCCc1c[nH]c2c(CC)cccc12)N1CCC(N2CC=CC2)C1. The fourth-order valence-electron chi connectivity index (χ4n) is 4.51. The van der Waals surface area contributed by atoms with Crippen molar-refractivity contribution < 1.29 is 0 Å². The molecule has 0 bridgehead atoms. The topological polar surface area (TPSA) is 46.7 Å². The number of likely N-dealkylation sites (tertiary alicyclic amines) is 1. The number of rotatable bonds is 6. The van der Waals surface area contributed by atoms with Crippen molar-refractivity contribution in [2.24, 2.45) is 4.99 Å². The van der Waals surface area contributed by atoms with E-state index in [-0.39, 0.29) is 0 Å². The van der Waals surface area contributed by atoms with Crippen LogP contribution in [0.15, 0.2) is 41.5 Å². The smallest absolute Gasteiger partial charge is 0.193 e. The molecule has 5 nitrogen and oxygen atoms in total. The van der Waals surface area contributed by atoms with Crippen molar-refractivity contribution in [2.45, 2.75) is 39.2 Å². The zero-order valence-electron chi connectivity index (χ0n) is 17.2. The lowest BCUT2D eigenvalue weighted by molar-refractivity contribution is 0.259. The molecule has 4 rings (SSSR count). The number of fused-ring (bicyclic) bond motifs is 1. The number of benzene rings is 1. The summed E-state index contributed by atoms with van der Waals surface area (Å²) in [6.45, 7) is 10.5. The summed E-state index contributed by atoms with van der Waals surface area (Å²) in [6, 6.07) is 7.26. The first-order chi connectivity index (χ1) is 13.8. The Kier molecular flexibility index (Phi) is 6.01. The standard InChI is InChI=1S/C23H33N5/c1-3-18-8-7-9-21-19(16-26-22(18)21)10-12-25-23(24-4-2)28-15-11-20(17-28)27-13-5-6-14-27/h5-9,16,20,26H,3-4,10-15,17H2,1-2H3,(H,24,25). The summed E-state index contributed by atoms with van der Waals surface area (Å²) < 4.78 is 0. The van der Waals surface area contributed by atoms with Gasteiger partial charge in [-0.1, -0.05) is 37.3 Å². The van der Waals surface area contributed by atoms with Crippen molar-refractivity contribution in [3.05, 3.63) is 47.7 Å². The predicted octanol–water partition coefficient (Wildman–Crippen LogP) is 3.18. The molecule has 0 amide bonds. The van der Waals surface area contributed by atoms with Crippen LogP contribution in [0.4, 0.5) is 0 Å². The third-order valence-electron chi connectivity index (χ3n) is 6.07. The van der Waals surface area contributed by atoms with Crippen LogP contribution in [0.1, 0.15) is 31.4 Å². The molecule has 2 aliphatic heterocycles.